The lowest BCUT2D eigenvalue weighted by Gasteiger charge is -2.43. The van der Waals surface area contributed by atoms with Gasteiger partial charge in [0.15, 0.2) is 0 Å². The number of halogens is 3. The van der Waals surface area contributed by atoms with Crippen LogP contribution in [0.25, 0.3) is 0 Å². The van der Waals surface area contributed by atoms with Gasteiger partial charge in [0.2, 0.25) is 5.95 Å². The zero-order valence-corrected chi connectivity index (χ0v) is 23.7. The highest BCUT2D eigenvalue weighted by Gasteiger charge is 2.39. The number of tetrazole rings is 1. The van der Waals surface area contributed by atoms with Crippen molar-refractivity contribution in [2.75, 3.05) is 10.6 Å². The van der Waals surface area contributed by atoms with Crippen LogP contribution in [0.2, 0.25) is 0 Å². The van der Waals surface area contributed by atoms with E-state index in [1.807, 2.05) is 17.0 Å². The second-order valence-corrected chi connectivity index (χ2v) is 12.0. The third kappa shape index (κ3) is 6.82. The maximum atomic E-state index is 13.9. The fraction of sp³-hybridized carbons (Fsp3) is 0.483. The number of carbonyl (C=O) groups is 2. The number of amides is 3. The zero-order valence-electron chi connectivity index (χ0n) is 23.7. The topological polar surface area (TPSA) is 125 Å². The molecule has 0 bridgehead atoms. The van der Waals surface area contributed by atoms with Crippen LogP contribution in [0.3, 0.4) is 0 Å². The summed E-state index contributed by atoms with van der Waals surface area (Å²) < 4.78 is 41.7. The van der Waals surface area contributed by atoms with Crippen molar-refractivity contribution in [3.8, 4) is 5.75 Å². The van der Waals surface area contributed by atoms with E-state index in [9.17, 15) is 22.8 Å². The Balaban J connectivity index is 1.36. The number of hydrogen-bond donors (Lipinski definition) is 3. The largest absolute Gasteiger partial charge is 0.573 e. The molecule has 13 heteroatoms. The molecule has 1 saturated carbocycles. The Labute approximate surface area is 241 Å². The Bertz CT molecular complexity index is 1400. The number of nitrogens with one attached hydrogen (secondary N) is 3. The molecule has 3 N–H and O–H groups in total. The predicted octanol–water partition coefficient (Wildman–Crippen LogP) is 6.48. The van der Waals surface area contributed by atoms with E-state index in [-0.39, 0.29) is 41.1 Å². The molecule has 2 aromatic carbocycles. The highest BCUT2D eigenvalue weighted by molar-refractivity contribution is 6.03. The summed E-state index contributed by atoms with van der Waals surface area (Å²) in [6.45, 7) is 6.73. The summed E-state index contributed by atoms with van der Waals surface area (Å²) in [7, 11) is 0. The van der Waals surface area contributed by atoms with E-state index in [0.29, 0.717) is 30.0 Å². The van der Waals surface area contributed by atoms with Gasteiger partial charge in [-0.05, 0) is 108 Å². The van der Waals surface area contributed by atoms with Crippen LogP contribution in [-0.4, -0.2) is 49.9 Å². The quantitative estimate of drug-likeness (QED) is 0.304. The molecule has 42 heavy (non-hydrogen) atoms. The molecule has 5 rings (SSSR count). The number of fused-ring (bicyclic) bond motifs is 1. The number of hydrogen-bond acceptors (Lipinski definition) is 6. The number of carbonyl (C=O) groups excluding carboxylic acids is 2. The lowest BCUT2D eigenvalue weighted by molar-refractivity contribution is -0.274. The van der Waals surface area contributed by atoms with Gasteiger partial charge in [0.25, 0.3) is 5.91 Å². The van der Waals surface area contributed by atoms with Gasteiger partial charge in [-0.1, -0.05) is 31.9 Å². The SMILES string of the molecule is CC(C)(C)[C@H]1CC[C@H](N(C(=O)Nc2ccc(OC(F)(F)F)cc2)C2CCc3cc(C(=O)Nc4nnn[nH]4)ccc32)CC1. The fourth-order valence-electron chi connectivity index (χ4n) is 6.13. The van der Waals surface area contributed by atoms with E-state index < -0.39 is 6.36 Å². The Kier molecular flexibility index (Phi) is 8.11. The van der Waals surface area contributed by atoms with Crippen LogP contribution in [0.1, 0.15) is 80.4 Å². The molecule has 10 nitrogen and oxygen atoms in total. The molecule has 224 valence electrons. The minimum Gasteiger partial charge on any atom is -0.406 e. The van der Waals surface area contributed by atoms with Crippen molar-refractivity contribution in [3.63, 3.8) is 0 Å². The van der Waals surface area contributed by atoms with Crippen LogP contribution in [-0.2, 0) is 6.42 Å². The molecule has 1 heterocycles. The molecule has 1 unspecified atom stereocenters. The molecular formula is C29H34F3N7O3. The Hall–Kier alpha value is -4.16. The van der Waals surface area contributed by atoms with Crippen LogP contribution < -0.4 is 15.4 Å². The Morgan fingerprint density at radius 1 is 0.976 bits per heavy atom. The van der Waals surface area contributed by atoms with Gasteiger partial charge in [-0.25, -0.2) is 9.89 Å². The number of nitrogens with zero attached hydrogens (tertiary/aromatic N) is 4. The molecule has 2 aliphatic carbocycles. The van der Waals surface area contributed by atoms with Gasteiger partial charge < -0.3 is 15.0 Å². The molecule has 3 amide bonds. The van der Waals surface area contributed by atoms with Crippen LogP contribution in [0.4, 0.5) is 29.6 Å². The summed E-state index contributed by atoms with van der Waals surface area (Å²) in [4.78, 5) is 28.5. The smallest absolute Gasteiger partial charge is 0.406 e. The van der Waals surface area contributed by atoms with Crippen LogP contribution in [0.5, 0.6) is 5.75 Å². The Morgan fingerprint density at radius 2 is 1.69 bits per heavy atom. The van der Waals surface area contributed by atoms with Crippen LogP contribution in [0.15, 0.2) is 42.5 Å². The minimum absolute atomic E-state index is 0.00527. The van der Waals surface area contributed by atoms with Crippen molar-refractivity contribution in [2.24, 2.45) is 11.3 Å². The second-order valence-electron chi connectivity index (χ2n) is 12.0. The molecule has 0 radical (unpaired) electrons. The molecule has 1 fully saturated rings. The third-order valence-electron chi connectivity index (χ3n) is 8.25. The van der Waals surface area contributed by atoms with Crippen molar-refractivity contribution in [3.05, 3.63) is 59.2 Å². The fourth-order valence-corrected chi connectivity index (χ4v) is 6.13. The minimum atomic E-state index is -4.79. The summed E-state index contributed by atoms with van der Waals surface area (Å²) in [6, 6.07) is 10.1. The molecule has 1 atom stereocenters. The van der Waals surface area contributed by atoms with E-state index >= 15 is 0 Å². The average Bonchev–Trinajstić information content (AvgIpc) is 3.59. The van der Waals surface area contributed by atoms with Gasteiger partial charge in [0.1, 0.15) is 5.75 Å². The van der Waals surface area contributed by atoms with Crippen molar-refractivity contribution >= 4 is 23.6 Å². The van der Waals surface area contributed by atoms with Crippen LogP contribution in [0, 0.1) is 11.3 Å². The average molecular weight is 586 g/mol. The molecule has 0 saturated heterocycles. The third-order valence-corrected chi connectivity index (χ3v) is 8.25. The number of benzene rings is 2. The summed E-state index contributed by atoms with van der Waals surface area (Å²) in [5.74, 6) is -0.0174. The maximum Gasteiger partial charge on any atom is 0.573 e. The molecule has 3 aromatic rings. The Morgan fingerprint density at radius 3 is 2.31 bits per heavy atom. The lowest BCUT2D eigenvalue weighted by atomic mass is 9.71. The normalized spacial score (nSPS) is 20.5. The molecule has 1 aromatic heterocycles. The number of anilines is 2. The first-order valence-electron chi connectivity index (χ1n) is 14.0. The van der Waals surface area contributed by atoms with E-state index in [2.05, 4.69) is 56.8 Å². The zero-order chi connectivity index (χ0) is 30.1. The maximum absolute atomic E-state index is 13.9. The number of aromatic amines is 1. The summed E-state index contributed by atoms with van der Waals surface area (Å²) >= 11 is 0. The lowest BCUT2D eigenvalue weighted by Crippen LogP contribution is -2.47. The highest BCUT2D eigenvalue weighted by Crippen LogP contribution is 2.44. The summed E-state index contributed by atoms with van der Waals surface area (Å²) in [6.07, 6.45) is 0.285. The van der Waals surface area contributed by atoms with Gasteiger partial charge in [-0.2, -0.15) is 0 Å². The van der Waals surface area contributed by atoms with Gasteiger partial charge in [-0.3, -0.25) is 10.1 Å². The first kappa shape index (κ1) is 29.3. The number of urea groups is 1. The molecule has 0 spiro atoms. The standard InChI is InChI=1S/C29H34F3N7O3/c1-28(2,3)19-6-10-21(11-7-19)39(27(41)33-20-8-12-22(13-9-20)42-29(30,31)32)24-15-5-17-16-18(4-14-23(17)24)25(40)34-26-35-37-38-36-26/h4,8-9,12-14,16,19,21,24H,5-7,10-11,15H2,1-3H3,(H,33,41)(H2,34,35,36,37,38,40)/t19-,21-,24?. The van der Waals surface area contributed by atoms with Gasteiger partial charge in [-0.15, -0.1) is 13.2 Å². The van der Waals surface area contributed by atoms with Crippen molar-refractivity contribution in [1.29, 1.82) is 0 Å². The van der Waals surface area contributed by atoms with Gasteiger partial charge in [0, 0.05) is 17.3 Å². The van der Waals surface area contributed by atoms with Crippen LogP contribution >= 0.6 is 0 Å². The van der Waals surface area contributed by atoms with Gasteiger partial charge in [0.05, 0.1) is 6.04 Å². The first-order chi connectivity index (χ1) is 19.9. The first-order valence-corrected chi connectivity index (χ1v) is 14.0. The number of ether oxygens (including phenoxy) is 1. The van der Waals surface area contributed by atoms with Gasteiger partial charge >= 0.3 is 12.4 Å². The van der Waals surface area contributed by atoms with Crippen molar-refractivity contribution in [1.82, 2.24) is 25.5 Å². The highest BCUT2D eigenvalue weighted by atomic mass is 19.4. The number of H-pyrrole nitrogens is 1. The molecule has 2 aliphatic rings. The van der Waals surface area contributed by atoms with Crippen molar-refractivity contribution in [2.45, 2.75) is 77.7 Å². The number of aromatic nitrogens is 4. The number of rotatable bonds is 6. The summed E-state index contributed by atoms with van der Waals surface area (Å²) in [5, 5.41) is 18.6. The number of alkyl halides is 3. The van der Waals surface area contributed by atoms with E-state index in [1.165, 1.54) is 24.3 Å². The molecular weight excluding hydrogens is 551 g/mol. The van der Waals surface area contributed by atoms with E-state index in [4.69, 9.17) is 0 Å². The second kappa shape index (κ2) is 11.6. The van der Waals surface area contributed by atoms with E-state index in [1.54, 1.807) is 6.07 Å². The van der Waals surface area contributed by atoms with E-state index in [0.717, 1.165) is 36.8 Å². The predicted molar refractivity (Wildman–Crippen MR) is 149 cm³/mol. The van der Waals surface area contributed by atoms with Crippen molar-refractivity contribution < 1.29 is 27.5 Å². The summed E-state index contributed by atoms with van der Waals surface area (Å²) in [5.41, 5.74) is 2.97. The monoisotopic (exact) mass is 585 g/mol. The molecule has 0 aliphatic heterocycles. The number of aryl methyl sites for hydroxylation is 1.